The molecule has 2 unspecified atom stereocenters. The van der Waals surface area contributed by atoms with Crippen molar-refractivity contribution in [2.75, 3.05) is 14.1 Å². The highest BCUT2D eigenvalue weighted by Gasteiger charge is 2.40. The van der Waals surface area contributed by atoms with E-state index in [2.05, 4.69) is 38.0 Å². The van der Waals surface area contributed by atoms with Crippen LogP contribution in [0.2, 0.25) is 0 Å². The summed E-state index contributed by atoms with van der Waals surface area (Å²) in [5.74, 6) is 0.690. The fourth-order valence-electron chi connectivity index (χ4n) is 4.02. The van der Waals surface area contributed by atoms with Gasteiger partial charge in [0.15, 0.2) is 0 Å². The molecule has 0 saturated carbocycles. The summed E-state index contributed by atoms with van der Waals surface area (Å²) in [5, 5.41) is 4.71. The summed E-state index contributed by atoms with van der Waals surface area (Å²) in [4.78, 5) is 9.16. The average molecular weight is 308 g/mol. The van der Waals surface area contributed by atoms with E-state index in [1.54, 1.807) is 0 Å². The number of fused-ring (bicyclic) bond motifs is 2. The van der Waals surface area contributed by atoms with E-state index in [0.717, 1.165) is 18.6 Å². The van der Waals surface area contributed by atoms with Gasteiger partial charge in [-0.3, -0.25) is 0 Å². The zero-order valence-electron chi connectivity index (χ0n) is 14.1. The summed E-state index contributed by atoms with van der Waals surface area (Å²) in [6.07, 6.45) is 5.39. The Morgan fingerprint density at radius 2 is 1.86 bits per heavy atom. The van der Waals surface area contributed by atoms with Gasteiger partial charge in [-0.05, 0) is 39.8 Å². The SMILES string of the molecule is CNCc1sc(C2CC3CCC(C2)N3C)nc1C(C)(C)C. The van der Waals surface area contributed by atoms with Crippen LogP contribution in [0.1, 0.15) is 68.0 Å². The van der Waals surface area contributed by atoms with Crippen LogP contribution in [-0.2, 0) is 12.0 Å². The zero-order valence-corrected chi connectivity index (χ0v) is 14.9. The molecule has 2 aliphatic heterocycles. The van der Waals surface area contributed by atoms with Gasteiger partial charge in [-0.2, -0.15) is 0 Å². The van der Waals surface area contributed by atoms with E-state index in [4.69, 9.17) is 4.98 Å². The first-order chi connectivity index (χ1) is 9.90. The number of piperidine rings is 1. The third-order valence-electron chi connectivity index (χ3n) is 5.21. The second-order valence-corrected chi connectivity index (χ2v) is 8.94. The third kappa shape index (κ3) is 2.90. The molecule has 21 heavy (non-hydrogen) atoms. The molecule has 4 heteroatoms. The molecule has 2 aliphatic rings. The van der Waals surface area contributed by atoms with Gasteiger partial charge in [-0.25, -0.2) is 4.98 Å². The lowest BCUT2D eigenvalue weighted by Gasteiger charge is -2.35. The van der Waals surface area contributed by atoms with Crippen LogP contribution in [-0.4, -0.2) is 36.1 Å². The molecule has 1 N–H and O–H groups in total. The Labute approximate surface area is 133 Å². The monoisotopic (exact) mass is 307 g/mol. The maximum atomic E-state index is 5.11. The van der Waals surface area contributed by atoms with Gasteiger partial charge in [-0.15, -0.1) is 11.3 Å². The van der Waals surface area contributed by atoms with Crippen molar-refractivity contribution in [2.45, 2.75) is 76.4 Å². The van der Waals surface area contributed by atoms with E-state index in [-0.39, 0.29) is 5.41 Å². The Hall–Kier alpha value is -0.450. The van der Waals surface area contributed by atoms with Crippen molar-refractivity contribution >= 4 is 11.3 Å². The van der Waals surface area contributed by atoms with Crippen LogP contribution < -0.4 is 5.32 Å². The Bertz CT molecular complexity index is 489. The molecule has 3 rings (SSSR count). The van der Waals surface area contributed by atoms with Crippen LogP contribution in [0.25, 0.3) is 0 Å². The van der Waals surface area contributed by atoms with Crippen molar-refractivity contribution in [1.82, 2.24) is 15.2 Å². The molecular weight excluding hydrogens is 278 g/mol. The highest BCUT2D eigenvalue weighted by Crippen LogP contribution is 2.44. The van der Waals surface area contributed by atoms with E-state index in [0.29, 0.717) is 5.92 Å². The molecule has 0 spiro atoms. The predicted octanol–water partition coefficient (Wildman–Crippen LogP) is 3.50. The van der Waals surface area contributed by atoms with Crippen molar-refractivity contribution in [3.05, 3.63) is 15.6 Å². The highest BCUT2D eigenvalue weighted by molar-refractivity contribution is 7.11. The minimum Gasteiger partial charge on any atom is -0.315 e. The minimum atomic E-state index is 0.144. The lowest BCUT2D eigenvalue weighted by atomic mass is 9.90. The standard InChI is InChI=1S/C17H29N3S/c1-17(2,3)15-14(10-18-4)21-16(19-15)11-8-12-6-7-13(9-11)20(12)5/h11-13,18H,6-10H2,1-5H3. The molecule has 3 nitrogen and oxygen atoms in total. The first-order valence-electron chi connectivity index (χ1n) is 8.26. The fraction of sp³-hybridized carbons (Fsp3) is 0.824. The molecule has 0 aliphatic carbocycles. The molecule has 1 aromatic rings. The first-order valence-corrected chi connectivity index (χ1v) is 9.08. The van der Waals surface area contributed by atoms with Crippen LogP contribution >= 0.6 is 11.3 Å². The quantitative estimate of drug-likeness (QED) is 0.926. The molecular formula is C17H29N3S. The fourth-order valence-corrected chi connectivity index (χ4v) is 5.44. The van der Waals surface area contributed by atoms with E-state index < -0.39 is 0 Å². The predicted molar refractivity (Wildman–Crippen MR) is 90.1 cm³/mol. The number of rotatable bonds is 3. The molecule has 0 amide bonds. The molecule has 118 valence electrons. The molecule has 3 heterocycles. The molecule has 2 bridgehead atoms. The van der Waals surface area contributed by atoms with Crippen molar-refractivity contribution < 1.29 is 0 Å². The molecule has 2 saturated heterocycles. The Balaban J connectivity index is 1.86. The van der Waals surface area contributed by atoms with Gasteiger partial charge in [0.25, 0.3) is 0 Å². The van der Waals surface area contributed by atoms with Crippen LogP contribution in [0.4, 0.5) is 0 Å². The smallest absolute Gasteiger partial charge is 0.0963 e. The van der Waals surface area contributed by atoms with Crippen molar-refractivity contribution in [3.63, 3.8) is 0 Å². The van der Waals surface area contributed by atoms with Crippen molar-refractivity contribution in [1.29, 1.82) is 0 Å². The van der Waals surface area contributed by atoms with Gasteiger partial charge in [0.1, 0.15) is 0 Å². The van der Waals surface area contributed by atoms with E-state index in [1.807, 2.05) is 18.4 Å². The number of thiazole rings is 1. The van der Waals surface area contributed by atoms with Gasteiger partial charge in [0.2, 0.25) is 0 Å². The van der Waals surface area contributed by atoms with Gasteiger partial charge in [0, 0.05) is 34.8 Å². The van der Waals surface area contributed by atoms with Gasteiger partial charge >= 0.3 is 0 Å². The number of hydrogen-bond acceptors (Lipinski definition) is 4. The molecule has 1 aromatic heterocycles. The Morgan fingerprint density at radius 3 is 2.38 bits per heavy atom. The second-order valence-electron chi connectivity index (χ2n) is 7.82. The average Bonchev–Trinajstić information content (AvgIpc) is 2.88. The number of aromatic nitrogens is 1. The minimum absolute atomic E-state index is 0.144. The number of hydrogen-bond donors (Lipinski definition) is 1. The van der Waals surface area contributed by atoms with Crippen molar-refractivity contribution in [2.24, 2.45) is 0 Å². The maximum absolute atomic E-state index is 5.11. The third-order valence-corrected chi connectivity index (χ3v) is 6.43. The van der Waals surface area contributed by atoms with E-state index in [1.165, 1.54) is 41.3 Å². The molecule has 2 fully saturated rings. The topological polar surface area (TPSA) is 28.2 Å². The van der Waals surface area contributed by atoms with Gasteiger partial charge < -0.3 is 10.2 Å². The maximum Gasteiger partial charge on any atom is 0.0963 e. The van der Waals surface area contributed by atoms with E-state index >= 15 is 0 Å². The lowest BCUT2D eigenvalue weighted by molar-refractivity contribution is 0.161. The summed E-state index contributed by atoms with van der Waals surface area (Å²) >= 11 is 1.96. The highest BCUT2D eigenvalue weighted by atomic mass is 32.1. The normalized spacial score (nSPS) is 30.0. The largest absolute Gasteiger partial charge is 0.315 e. The summed E-state index contributed by atoms with van der Waals surface area (Å²) in [5.41, 5.74) is 1.45. The van der Waals surface area contributed by atoms with Crippen LogP contribution in [0.5, 0.6) is 0 Å². The summed E-state index contributed by atoms with van der Waals surface area (Å²) in [7, 11) is 4.34. The summed E-state index contributed by atoms with van der Waals surface area (Å²) in [6.45, 7) is 7.79. The zero-order chi connectivity index (χ0) is 15.2. The number of nitrogens with one attached hydrogen (secondary N) is 1. The summed E-state index contributed by atoms with van der Waals surface area (Å²) < 4.78 is 0. The van der Waals surface area contributed by atoms with E-state index in [9.17, 15) is 0 Å². The van der Waals surface area contributed by atoms with Gasteiger partial charge in [-0.1, -0.05) is 20.8 Å². The van der Waals surface area contributed by atoms with Crippen LogP contribution in [0.15, 0.2) is 0 Å². The Kier molecular flexibility index (Phi) is 4.15. The summed E-state index contributed by atoms with van der Waals surface area (Å²) in [6, 6.07) is 1.59. The molecule has 2 atom stereocenters. The van der Waals surface area contributed by atoms with Crippen LogP contribution in [0.3, 0.4) is 0 Å². The Morgan fingerprint density at radius 1 is 1.24 bits per heavy atom. The second kappa shape index (κ2) is 5.64. The van der Waals surface area contributed by atoms with Crippen LogP contribution in [0, 0.1) is 0 Å². The molecule has 0 radical (unpaired) electrons. The van der Waals surface area contributed by atoms with Crippen molar-refractivity contribution in [3.8, 4) is 0 Å². The van der Waals surface area contributed by atoms with Gasteiger partial charge in [0.05, 0.1) is 10.7 Å². The first kappa shape index (κ1) is 15.4. The number of nitrogens with zero attached hydrogens (tertiary/aromatic N) is 2. The molecule has 0 aromatic carbocycles. The lowest BCUT2D eigenvalue weighted by Crippen LogP contribution is -2.39.